The Balaban J connectivity index is 1.12. The summed E-state index contributed by atoms with van der Waals surface area (Å²) in [6.45, 7) is 2.59. The number of methoxy groups -OCH3 is 1. The number of benzene rings is 2. The van der Waals surface area contributed by atoms with Gasteiger partial charge in [0.1, 0.15) is 5.65 Å². The van der Waals surface area contributed by atoms with Gasteiger partial charge in [-0.3, -0.25) is 18.9 Å². The van der Waals surface area contributed by atoms with Gasteiger partial charge in [0.2, 0.25) is 11.8 Å². The second-order valence-electron chi connectivity index (χ2n) is 13.3. The third kappa shape index (κ3) is 6.97. The molecule has 0 radical (unpaired) electrons. The Hall–Kier alpha value is -4.36. The summed E-state index contributed by atoms with van der Waals surface area (Å²) in [6.07, 6.45) is 4.61. The van der Waals surface area contributed by atoms with Crippen LogP contribution in [0.25, 0.3) is 39.2 Å². The number of amides is 1. The molecular weight excluding hydrogens is 691 g/mol. The van der Waals surface area contributed by atoms with E-state index in [-0.39, 0.29) is 30.7 Å². The number of ether oxygens (including phenoxy) is 1. The van der Waals surface area contributed by atoms with Gasteiger partial charge >= 0.3 is 0 Å². The van der Waals surface area contributed by atoms with E-state index in [0.717, 1.165) is 39.8 Å². The molecular formula is C38H38Cl2N6O5. The predicted octanol–water partition coefficient (Wildman–Crippen LogP) is 4.56. The molecule has 3 aromatic heterocycles. The third-order valence-corrected chi connectivity index (χ3v) is 10.6. The average molecular weight is 730 g/mol. The fourth-order valence-electron chi connectivity index (χ4n) is 6.94. The fourth-order valence-corrected chi connectivity index (χ4v) is 7.60. The number of aromatic nitrogens is 3. The number of likely N-dealkylation sites (tertiary alicyclic amines) is 1. The predicted molar refractivity (Wildman–Crippen MR) is 197 cm³/mol. The highest BCUT2D eigenvalue weighted by molar-refractivity contribution is 6.39. The number of hydrogen-bond acceptors (Lipinski definition) is 9. The standard InChI is InChI=1S/C38H38Cl2N6O5/c1-51-36-24(18-45-19-38(20-45,21-47)22-48)8-10-31(44-36)30-7-3-6-29(35(30)40)28-5-2-4-27(34(28)39)23-12-13-46-32(14-23)42-16-25(37(46)50)15-41-17-26-9-11-33(49)43-26/h2-8,10,12-14,16,26,41,47-48H,9,11,15,17-22H2,1H3,(H,43,49)/t26-/m0/s1. The number of aliphatic hydroxyl groups is 2. The summed E-state index contributed by atoms with van der Waals surface area (Å²) in [5.41, 5.74) is 5.68. The molecule has 5 aromatic rings. The Labute approximate surface area is 304 Å². The van der Waals surface area contributed by atoms with Crippen LogP contribution in [-0.4, -0.2) is 81.4 Å². The van der Waals surface area contributed by atoms with Crippen LogP contribution in [0.15, 0.2) is 77.9 Å². The maximum atomic E-state index is 13.3. The van der Waals surface area contributed by atoms with E-state index in [1.54, 1.807) is 19.5 Å². The van der Waals surface area contributed by atoms with E-state index >= 15 is 0 Å². The number of nitrogens with one attached hydrogen (secondary N) is 2. The van der Waals surface area contributed by atoms with Gasteiger partial charge in [0, 0.05) is 96.4 Å². The first kappa shape index (κ1) is 35.1. The van der Waals surface area contributed by atoms with Gasteiger partial charge in [-0.15, -0.1) is 0 Å². The molecule has 0 bridgehead atoms. The lowest BCUT2D eigenvalue weighted by atomic mass is 9.81. The molecule has 7 rings (SSSR count). The lowest BCUT2D eigenvalue weighted by Crippen LogP contribution is -2.59. The zero-order valence-electron chi connectivity index (χ0n) is 28.0. The average Bonchev–Trinajstić information content (AvgIpc) is 3.55. The first-order valence-electron chi connectivity index (χ1n) is 16.8. The van der Waals surface area contributed by atoms with E-state index in [0.29, 0.717) is 72.0 Å². The van der Waals surface area contributed by atoms with E-state index in [4.69, 9.17) is 32.9 Å². The van der Waals surface area contributed by atoms with Gasteiger partial charge in [-0.1, -0.05) is 65.7 Å². The summed E-state index contributed by atoms with van der Waals surface area (Å²) < 4.78 is 7.18. The summed E-state index contributed by atoms with van der Waals surface area (Å²) in [5.74, 6) is 0.536. The number of aliphatic hydroxyl groups excluding tert-OH is 2. The smallest absolute Gasteiger partial charge is 0.262 e. The van der Waals surface area contributed by atoms with Crippen molar-refractivity contribution in [1.29, 1.82) is 0 Å². The Kier molecular flexibility index (Phi) is 10.1. The quantitative estimate of drug-likeness (QED) is 0.146. The van der Waals surface area contributed by atoms with Crippen molar-refractivity contribution in [1.82, 2.24) is 29.9 Å². The molecule has 264 valence electrons. The monoisotopic (exact) mass is 728 g/mol. The van der Waals surface area contributed by atoms with E-state index in [1.807, 2.05) is 60.7 Å². The van der Waals surface area contributed by atoms with Crippen molar-refractivity contribution < 1.29 is 19.7 Å². The van der Waals surface area contributed by atoms with Gasteiger partial charge in [0.15, 0.2) is 0 Å². The molecule has 2 saturated heterocycles. The van der Waals surface area contributed by atoms with Crippen molar-refractivity contribution in [3.8, 4) is 39.4 Å². The maximum absolute atomic E-state index is 13.3. The van der Waals surface area contributed by atoms with Crippen LogP contribution < -0.4 is 20.9 Å². The van der Waals surface area contributed by atoms with Crippen LogP contribution in [0.3, 0.4) is 0 Å². The van der Waals surface area contributed by atoms with Crippen LogP contribution >= 0.6 is 23.2 Å². The fraction of sp³-hybridized carbons (Fsp3) is 0.316. The van der Waals surface area contributed by atoms with Crippen LogP contribution in [0.2, 0.25) is 10.0 Å². The van der Waals surface area contributed by atoms with E-state index in [1.165, 1.54) is 4.40 Å². The molecule has 1 atom stereocenters. The molecule has 2 fully saturated rings. The Bertz CT molecular complexity index is 2160. The van der Waals surface area contributed by atoms with Crippen molar-refractivity contribution in [3.05, 3.63) is 105 Å². The molecule has 4 N–H and O–H groups in total. The van der Waals surface area contributed by atoms with E-state index < -0.39 is 5.41 Å². The van der Waals surface area contributed by atoms with Gasteiger partial charge < -0.3 is 25.6 Å². The number of nitrogens with zero attached hydrogens (tertiary/aromatic N) is 4. The summed E-state index contributed by atoms with van der Waals surface area (Å²) in [7, 11) is 1.58. The van der Waals surface area contributed by atoms with Crippen molar-refractivity contribution in [3.63, 3.8) is 0 Å². The highest BCUT2D eigenvalue weighted by atomic mass is 35.5. The molecule has 13 heteroatoms. The van der Waals surface area contributed by atoms with Crippen LogP contribution in [-0.2, 0) is 17.9 Å². The number of rotatable bonds is 12. The lowest BCUT2D eigenvalue weighted by molar-refractivity contribution is -0.119. The van der Waals surface area contributed by atoms with Crippen LogP contribution in [0.1, 0.15) is 24.0 Å². The molecule has 0 saturated carbocycles. The van der Waals surface area contributed by atoms with Crippen molar-refractivity contribution >= 4 is 34.8 Å². The summed E-state index contributed by atoms with van der Waals surface area (Å²) >= 11 is 14.2. The highest BCUT2D eigenvalue weighted by Gasteiger charge is 2.42. The second kappa shape index (κ2) is 14.7. The molecule has 0 aliphatic carbocycles. The molecule has 2 aliphatic rings. The highest BCUT2D eigenvalue weighted by Crippen LogP contribution is 2.42. The van der Waals surface area contributed by atoms with Crippen LogP contribution in [0.5, 0.6) is 5.88 Å². The summed E-state index contributed by atoms with van der Waals surface area (Å²) in [6, 6.07) is 19.1. The van der Waals surface area contributed by atoms with Crippen LogP contribution in [0.4, 0.5) is 0 Å². The number of pyridine rings is 2. The molecule has 5 heterocycles. The van der Waals surface area contributed by atoms with E-state index in [9.17, 15) is 19.8 Å². The maximum Gasteiger partial charge on any atom is 0.262 e. The minimum Gasteiger partial charge on any atom is -0.481 e. The van der Waals surface area contributed by atoms with Gasteiger partial charge in [-0.25, -0.2) is 9.97 Å². The normalized spacial score (nSPS) is 17.0. The number of carbonyl (C=O) groups is 1. The van der Waals surface area contributed by atoms with Crippen molar-refractivity contribution in [2.24, 2.45) is 5.41 Å². The molecule has 0 unspecified atom stereocenters. The largest absolute Gasteiger partial charge is 0.481 e. The summed E-state index contributed by atoms with van der Waals surface area (Å²) in [4.78, 5) is 36.2. The number of fused-ring (bicyclic) bond motifs is 1. The molecule has 0 spiro atoms. The molecule has 2 aliphatic heterocycles. The third-order valence-electron chi connectivity index (χ3n) is 9.76. The molecule has 51 heavy (non-hydrogen) atoms. The van der Waals surface area contributed by atoms with Gasteiger partial charge in [-0.05, 0) is 30.2 Å². The Morgan fingerprint density at radius 1 is 0.961 bits per heavy atom. The SMILES string of the molecule is COc1nc(-c2cccc(-c3cccc(-c4ccn5c(=O)c(CNC[C@@H]6CCC(=O)N6)cnc5c4)c3Cl)c2Cl)ccc1CN1CC(CO)(CO)C1. The Morgan fingerprint density at radius 3 is 2.35 bits per heavy atom. The molecule has 1 amide bonds. The second-order valence-corrected chi connectivity index (χ2v) is 14.1. The van der Waals surface area contributed by atoms with Crippen molar-refractivity contribution in [2.75, 3.05) is 40.0 Å². The Morgan fingerprint density at radius 2 is 1.67 bits per heavy atom. The first-order chi connectivity index (χ1) is 24.7. The minimum absolute atomic E-state index is 0.0543. The zero-order valence-corrected chi connectivity index (χ0v) is 29.5. The lowest BCUT2D eigenvalue weighted by Gasteiger charge is -2.48. The number of halogens is 2. The minimum atomic E-state index is -0.461. The molecule has 2 aromatic carbocycles. The van der Waals surface area contributed by atoms with Gasteiger partial charge in [0.05, 0.1) is 36.1 Å². The zero-order chi connectivity index (χ0) is 35.7. The van der Waals surface area contributed by atoms with Crippen LogP contribution in [0, 0.1) is 5.41 Å². The van der Waals surface area contributed by atoms with Gasteiger partial charge in [-0.2, -0.15) is 0 Å². The molecule has 11 nitrogen and oxygen atoms in total. The van der Waals surface area contributed by atoms with Crippen molar-refractivity contribution in [2.45, 2.75) is 32.0 Å². The van der Waals surface area contributed by atoms with E-state index in [2.05, 4.69) is 20.5 Å². The van der Waals surface area contributed by atoms with Gasteiger partial charge in [0.25, 0.3) is 5.56 Å². The number of carbonyl (C=O) groups excluding carboxylic acids is 1. The summed E-state index contributed by atoms with van der Waals surface area (Å²) in [5, 5.41) is 26.5. The first-order valence-corrected chi connectivity index (χ1v) is 17.5. The topological polar surface area (TPSA) is 141 Å². The number of hydrogen-bond donors (Lipinski definition) is 4.